The Balaban J connectivity index is 1.52. The molecule has 0 aliphatic carbocycles. The Morgan fingerprint density at radius 3 is 2.54 bits per heavy atom. The summed E-state index contributed by atoms with van der Waals surface area (Å²) < 4.78 is 0. The van der Waals surface area contributed by atoms with Gasteiger partial charge in [0, 0.05) is 19.5 Å². The van der Waals surface area contributed by atoms with Crippen LogP contribution in [0.5, 0.6) is 0 Å². The summed E-state index contributed by atoms with van der Waals surface area (Å²) in [6.07, 6.45) is 5.80. The summed E-state index contributed by atoms with van der Waals surface area (Å²) in [5.74, 6) is 1.78. The average molecular weight is 323 g/mol. The molecule has 2 heterocycles. The number of benzene rings is 1. The maximum absolute atomic E-state index is 11.4. The van der Waals surface area contributed by atoms with Crippen LogP contribution >= 0.6 is 0 Å². The molecule has 126 valence electrons. The van der Waals surface area contributed by atoms with E-state index in [0.29, 0.717) is 6.42 Å². The third kappa shape index (κ3) is 4.34. The smallest absolute Gasteiger partial charge is 0.224 e. The number of rotatable bonds is 5. The summed E-state index contributed by atoms with van der Waals surface area (Å²) in [6.45, 7) is 3.94. The van der Waals surface area contributed by atoms with Gasteiger partial charge in [0.2, 0.25) is 5.91 Å². The maximum atomic E-state index is 11.4. The van der Waals surface area contributed by atoms with Gasteiger partial charge in [0.25, 0.3) is 0 Å². The van der Waals surface area contributed by atoms with Crippen LogP contribution in [0.3, 0.4) is 0 Å². The summed E-state index contributed by atoms with van der Waals surface area (Å²) in [5.41, 5.74) is 2.20. The van der Waals surface area contributed by atoms with E-state index in [1.807, 2.05) is 19.1 Å². The zero-order valence-corrected chi connectivity index (χ0v) is 14.2. The summed E-state index contributed by atoms with van der Waals surface area (Å²) in [4.78, 5) is 18.3. The van der Waals surface area contributed by atoms with Gasteiger partial charge in [-0.1, -0.05) is 37.3 Å². The fourth-order valence-electron chi connectivity index (χ4n) is 3.21. The summed E-state index contributed by atoms with van der Waals surface area (Å²) in [6, 6.07) is 14.7. The molecule has 1 N–H and O–H groups in total. The first-order valence-electron chi connectivity index (χ1n) is 8.79. The van der Waals surface area contributed by atoms with Gasteiger partial charge in [0.05, 0.1) is 11.9 Å². The predicted molar refractivity (Wildman–Crippen MR) is 98.2 cm³/mol. The Morgan fingerprint density at radius 2 is 1.92 bits per heavy atom. The van der Waals surface area contributed by atoms with Gasteiger partial charge >= 0.3 is 0 Å². The lowest BCUT2D eigenvalue weighted by Crippen LogP contribution is -2.34. The Labute approximate surface area is 143 Å². The standard InChI is InChI=1S/C20H25N3O/c1-2-20(24)22-18-8-9-19(21-15-18)23-12-10-17(11-13-23)14-16-6-4-3-5-7-16/h3-9,15,17H,2,10-14H2,1H3,(H,22,24). The molecule has 0 radical (unpaired) electrons. The molecule has 1 aliphatic heterocycles. The SMILES string of the molecule is CCC(=O)Nc1ccc(N2CCC(Cc3ccccc3)CC2)nc1. The van der Waals surface area contributed by atoms with Crippen LogP contribution in [0.4, 0.5) is 11.5 Å². The summed E-state index contributed by atoms with van der Waals surface area (Å²) in [7, 11) is 0. The maximum Gasteiger partial charge on any atom is 0.224 e. The van der Waals surface area contributed by atoms with Crippen molar-refractivity contribution in [3.63, 3.8) is 0 Å². The highest BCUT2D eigenvalue weighted by atomic mass is 16.1. The Bertz CT molecular complexity index is 646. The van der Waals surface area contributed by atoms with Gasteiger partial charge < -0.3 is 10.2 Å². The Morgan fingerprint density at radius 1 is 1.17 bits per heavy atom. The van der Waals surface area contributed by atoms with Crippen LogP contribution in [0.15, 0.2) is 48.7 Å². The lowest BCUT2D eigenvalue weighted by atomic mass is 9.90. The van der Waals surface area contributed by atoms with E-state index in [2.05, 4.69) is 45.5 Å². The molecular formula is C20H25N3O. The second-order valence-corrected chi connectivity index (χ2v) is 6.43. The van der Waals surface area contributed by atoms with Gasteiger partial charge in [-0.3, -0.25) is 4.79 Å². The first-order chi connectivity index (χ1) is 11.7. The molecule has 1 saturated heterocycles. The number of hydrogen-bond acceptors (Lipinski definition) is 3. The van der Waals surface area contributed by atoms with Crippen molar-refractivity contribution in [1.82, 2.24) is 4.98 Å². The molecule has 1 amide bonds. The van der Waals surface area contributed by atoms with Crippen molar-refractivity contribution < 1.29 is 4.79 Å². The van der Waals surface area contributed by atoms with E-state index in [1.165, 1.54) is 24.8 Å². The molecule has 1 aromatic carbocycles. The van der Waals surface area contributed by atoms with Gasteiger partial charge in [-0.2, -0.15) is 0 Å². The molecule has 2 aromatic rings. The third-order valence-electron chi connectivity index (χ3n) is 4.66. The molecule has 0 saturated carbocycles. The van der Waals surface area contributed by atoms with E-state index in [9.17, 15) is 4.79 Å². The fourth-order valence-corrected chi connectivity index (χ4v) is 3.21. The van der Waals surface area contributed by atoms with Gasteiger partial charge in [-0.15, -0.1) is 0 Å². The van der Waals surface area contributed by atoms with E-state index in [0.717, 1.165) is 30.5 Å². The van der Waals surface area contributed by atoms with E-state index in [4.69, 9.17) is 0 Å². The van der Waals surface area contributed by atoms with E-state index >= 15 is 0 Å². The second kappa shape index (κ2) is 7.95. The van der Waals surface area contributed by atoms with Crippen molar-refractivity contribution in [2.75, 3.05) is 23.3 Å². The number of pyridine rings is 1. The minimum atomic E-state index is 0.0197. The molecule has 1 aliphatic rings. The van der Waals surface area contributed by atoms with Crippen molar-refractivity contribution >= 4 is 17.4 Å². The first kappa shape index (κ1) is 16.5. The topological polar surface area (TPSA) is 45.2 Å². The highest BCUT2D eigenvalue weighted by molar-refractivity contribution is 5.90. The number of carbonyl (C=O) groups is 1. The van der Waals surface area contributed by atoms with Crippen molar-refractivity contribution in [3.8, 4) is 0 Å². The van der Waals surface area contributed by atoms with E-state index < -0.39 is 0 Å². The van der Waals surface area contributed by atoms with Crippen LogP contribution in [0.1, 0.15) is 31.7 Å². The third-order valence-corrected chi connectivity index (χ3v) is 4.66. The van der Waals surface area contributed by atoms with E-state index in [-0.39, 0.29) is 5.91 Å². The predicted octanol–water partition coefficient (Wildman–Crippen LogP) is 3.89. The van der Waals surface area contributed by atoms with Gasteiger partial charge in [-0.05, 0) is 42.9 Å². The monoisotopic (exact) mass is 323 g/mol. The fraction of sp³-hybridized carbons (Fsp3) is 0.400. The summed E-state index contributed by atoms with van der Waals surface area (Å²) >= 11 is 0. The van der Waals surface area contributed by atoms with Crippen LogP contribution in [0.2, 0.25) is 0 Å². The van der Waals surface area contributed by atoms with Gasteiger partial charge in [0.15, 0.2) is 0 Å². The number of anilines is 2. The lowest BCUT2D eigenvalue weighted by molar-refractivity contribution is -0.115. The zero-order chi connectivity index (χ0) is 16.8. The summed E-state index contributed by atoms with van der Waals surface area (Å²) in [5, 5.41) is 2.84. The number of nitrogens with one attached hydrogen (secondary N) is 1. The minimum absolute atomic E-state index is 0.0197. The normalized spacial score (nSPS) is 15.3. The van der Waals surface area contributed by atoms with Gasteiger partial charge in [0.1, 0.15) is 5.82 Å². The number of aromatic nitrogens is 1. The molecule has 1 aromatic heterocycles. The molecule has 0 bridgehead atoms. The minimum Gasteiger partial charge on any atom is -0.357 e. The molecular weight excluding hydrogens is 298 g/mol. The quantitative estimate of drug-likeness (QED) is 0.908. The lowest BCUT2D eigenvalue weighted by Gasteiger charge is -2.33. The number of amides is 1. The molecule has 0 atom stereocenters. The molecule has 3 rings (SSSR count). The van der Waals surface area contributed by atoms with Crippen LogP contribution in [0, 0.1) is 5.92 Å². The second-order valence-electron chi connectivity index (χ2n) is 6.43. The number of hydrogen-bond donors (Lipinski definition) is 1. The number of piperidine rings is 1. The molecule has 24 heavy (non-hydrogen) atoms. The zero-order valence-electron chi connectivity index (χ0n) is 14.2. The Kier molecular flexibility index (Phi) is 5.47. The van der Waals surface area contributed by atoms with Crippen LogP contribution < -0.4 is 10.2 Å². The largest absolute Gasteiger partial charge is 0.357 e. The Hall–Kier alpha value is -2.36. The molecule has 1 fully saturated rings. The molecule has 4 heteroatoms. The van der Waals surface area contributed by atoms with Gasteiger partial charge in [-0.25, -0.2) is 4.98 Å². The molecule has 0 spiro atoms. The van der Waals surface area contributed by atoms with Crippen LogP contribution in [0.25, 0.3) is 0 Å². The average Bonchev–Trinajstić information content (AvgIpc) is 2.64. The van der Waals surface area contributed by atoms with Crippen LogP contribution in [-0.2, 0) is 11.2 Å². The molecule has 0 unspecified atom stereocenters. The number of carbonyl (C=O) groups excluding carboxylic acids is 1. The van der Waals surface area contributed by atoms with Crippen molar-refractivity contribution in [3.05, 3.63) is 54.2 Å². The molecule has 4 nitrogen and oxygen atoms in total. The first-order valence-corrected chi connectivity index (χ1v) is 8.79. The van der Waals surface area contributed by atoms with Crippen LogP contribution in [-0.4, -0.2) is 24.0 Å². The van der Waals surface area contributed by atoms with Crippen molar-refractivity contribution in [1.29, 1.82) is 0 Å². The van der Waals surface area contributed by atoms with E-state index in [1.54, 1.807) is 6.20 Å². The highest BCUT2D eigenvalue weighted by Gasteiger charge is 2.20. The van der Waals surface area contributed by atoms with Crippen molar-refractivity contribution in [2.24, 2.45) is 5.92 Å². The van der Waals surface area contributed by atoms with Crippen molar-refractivity contribution in [2.45, 2.75) is 32.6 Å². The highest BCUT2D eigenvalue weighted by Crippen LogP contribution is 2.25. The number of nitrogens with zero attached hydrogens (tertiary/aromatic N) is 2.